The zero-order valence-corrected chi connectivity index (χ0v) is 11.9. The summed E-state index contributed by atoms with van der Waals surface area (Å²) in [6, 6.07) is 2.96. The van der Waals surface area contributed by atoms with Gasteiger partial charge in [-0.2, -0.15) is 24.5 Å². The molecule has 0 spiro atoms. The number of nitrogens with zero attached hydrogens (tertiary/aromatic N) is 1. The number of aromatic nitrogens is 1. The highest BCUT2D eigenvalue weighted by molar-refractivity contribution is 7.07. The topological polar surface area (TPSA) is 74.2 Å². The van der Waals surface area contributed by atoms with Crippen molar-refractivity contribution in [2.45, 2.75) is 12.3 Å². The molecule has 0 aliphatic carbocycles. The van der Waals surface area contributed by atoms with Gasteiger partial charge in [-0.05, 0) is 34.5 Å². The van der Waals surface area contributed by atoms with Crippen LogP contribution in [0.5, 0.6) is 0 Å². The van der Waals surface area contributed by atoms with E-state index in [1.165, 1.54) is 11.3 Å². The second-order valence-electron chi connectivity index (χ2n) is 4.34. The largest absolute Gasteiger partial charge is 0.433 e. The first kappa shape index (κ1) is 16.2. The van der Waals surface area contributed by atoms with E-state index in [0.717, 1.165) is 18.3 Å². The molecule has 118 valence electrons. The summed E-state index contributed by atoms with van der Waals surface area (Å²) in [5.74, 6) is 0. The van der Waals surface area contributed by atoms with Crippen molar-refractivity contribution in [3.63, 3.8) is 0 Å². The summed E-state index contributed by atoms with van der Waals surface area (Å²) in [5, 5.41) is 18.1. The Kier molecular flexibility index (Phi) is 4.99. The Morgan fingerprint density at radius 1 is 1.36 bits per heavy atom. The molecule has 0 saturated heterocycles. The van der Waals surface area contributed by atoms with Gasteiger partial charge in [-0.15, -0.1) is 0 Å². The lowest BCUT2D eigenvalue weighted by molar-refractivity contribution is -0.141. The molecular formula is C13H12F3N3O2S. The van der Waals surface area contributed by atoms with Gasteiger partial charge >= 0.3 is 12.2 Å². The molecule has 1 unspecified atom stereocenters. The summed E-state index contributed by atoms with van der Waals surface area (Å²) in [4.78, 5) is 14.8. The molecule has 2 rings (SSSR count). The third kappa shape index (κ3) is 4.43. The van der Waals surface area contributed by atoms with Crippen LogP contribution >= 0.6 is 11.3 Å². The van der Waals surface area contributed by atoms with E-state index < -0.39 is 24.0 Å². The molecule has 22 heavy (non-hydrogen) atoms. The van der Waals surface area contributed by atoms with Gasteiger partial charge in [-0.1, -0.05) is 0 Å². The first-order valence-electron chi connectivity index (χ1n) is 6.14. The number of thiophene rings is 1. The molecule has 1 atom stereocenters. The van der Waals surface area contributed by atoms with Crippen molar-refractivity contribution >= 4 is 23.1 Å². The van der Waals surface area contributed by atoms with E-state index in [9.17, 15) is 23.1 Å². The van der Waals surface area contributed by atoms with Crippen LogP contribution in [0.1, 0.15) is 17.4 Å². The van der Waals surface area contributed by atoms with Crippen molar-refractivity contribution in [3.8, 4) is 0 Å². The minimum Gasteiger partial charge on any atom is -0.387 e. The normalized spacial score (nSPS) is 12.7. The quantitative estimate of drug-likeness (QED) is 0.806. The summed E-state index contributed by atoms with van der Waals surface area (Å²) in [6.07, 6.45) is -4.45. The Morgan fingerprint density at radius 3 is 2.68 bits per heavy atom. The fourth-order valence-electron chi connectivity index (χ4n) is 1.58. The van der Waals surface area contributed by atoms with Gasteiger partial charge in [0.1, 0.15) is 5.69 Å². The van der Waals surface area contributed by atoms with Gasteiger partial charge in [-0.3, -0.25) is 0 Å². The Morgan fingerprint density at radius 2 is 2.14 bits per heavy atom. The number of aliphatic hydroxyl groups is 1. The van der Waals surface area contributed by atoms with Crippen molar-refractivity contribution in [1.82, 2.24) is 10.3 Å². The van der Waals surface area contributed by atoms with Crippen molar-refractivity contribution in [1.29, 1.82) is 0 Å². The van der Waals surface area contributed by atoms with E-state index in [1.54, 1.807) is 16.8 Å². The molecule has 0 bridgehead atoms. The monoisotopic (exact) mass is 331 g/mol. The molecule has 0 fully saturated rings. The van der Waals surface area contributed by atoms with Crippen LogP contribution in [0.25, 0.3) is 0 Å². The summed E-state index contributed by atoms with van der Waals surface area (Å²) in [6.45, 7) is -0.0172. The van der Waals surface area contributed by atoms with E-state index in [-0.39, 0.29) is 12.2 Å². The van der Waals surface area contributed by atoms with Gasteiger partial charge in [0.05, 0.1) is 18.0 Å². The maximum atomic E-state index is 12.3. The minimum atomic E-state index is -4.52. The highest BCUT2D eigenvalue weighted by Crippen LogP contribution is 2.27. The van der Waals surface area contributed by atoms with Gasteiger partial charge in [0.2, 0.25) is 0 Å². The molecule has 2 aromatic heterocycles. The van der Waals surface area contributed by atoms with Crippen LogP contribution in [0.2, 0.25) is 0 Å². The first-order chi connectivity index (χ1) is 10.4. The average molecular weight is 331 g/mol. The molecule has 0 radical (unpaired) electrons. The van der Waals surface area contributed by atoms with Crippen molar-refractivity contribution in [3.05, 3.63) is 46.4 Å². The van der Waals surface area contributed by atoms with E-state index in [2.05, 4.69) is 15.6 Å². The van der Waals surface area contributed by atoms with Crippen LogP contribution < -0.4 is 10.6 Å². The number of amides is 2. The van der Waals surface area contributed by atoms with E-state index >= 15 is 0 Å². The van der Waals surface area contributed by atoms with E-state index in [1.807, 2.05) is 0 Å². The number of pyridine rings is 1. The summed E-state index contributed by atoms with van der Waals surface area (Å²) in [7, 11) is 0. The maximum Gasteiger partial charge on any atom is 0.433 e. The number of halogens is 3. The highest BCUT2D eigenvalue weighted by Gasteiger charge is 2.32. The van der Waals surface area contributed by atoms with Crippen LogP contribution in [0.3, 0.4) is 0 Å². The molecule has 5 nitrogen and oxygen atoms in total. The zero-order valence-electron chi connectivity index (χ0n) is 11.1. The number of hydrogen-bond donors (Lipinski definition) is 3. The predicted molar refractivity (Wildman–Crippen MR) is 75.5 cm³/mol. The van der Waals surface area contributed by atoms with Gasteiger partial charge in [0.25, 0.3) is 0 Å². The molecule has 0 aliphatic heterocycles. The number of nitrogens with one attached hydrogen (secondary N) is 2. The maximum absolute atomic E-state index is 12.3. The van der Waals surface area contributed by atoms with Gasteiger partial charge < -0.3 is 15.7 Å². The first-order valence-corrected chi connectivity index (χ1v) is 7.09. The average Bonchev–Trinajstić information content (AvgIpc) is 2.98. The zero-order chi connectivity index (χ0) is 16.2. The van der Waals surface area contributed by atoms with Crippen molar-refractivity contribution in [2.24, 2.45) is 0 Å². The van der Waals surface area contributed by atoms with Gasteiger partial charge in [0.15, 0.2) is 0 Å². The minimum absolute atomic E-state index is 0.0172. The fraction of sp³-hybridized carbons (Fsp3) is 0.231. The highest BCUT2D eigenvalue weighted by atomic mass is 32.1. The second kappa shape index (κ2) is 6.75. The number of carbonyl (C=O) groups is 1. The Balaban J connectivity index is 1.84. The van der Waals surface area contributed by atoms with Crippen LogP contribution in [0.4, 0.5) is 23.7 Å². The standard InChI is InChI=1S/C13H12F3N3O2S/c14-13(15,16)11-2-1-9(5-17-11)19-12(21)18-6-10(20)8-3-4-22-7-8/h1-5,7,10,20H,6H2,(H2,18,19,21). The summed E-state index contributed by atoms with van der Waals surface area (Å²) < 4.78 is 37.0. The molecule has 0 aromatic carbocycles. The third-order valence-corrected chi connectivity index (χ3v) is 3.40. The van der Waals surface area contributed by atoms with Crippen LogP contribution in [-0.4, -0.2) is 22.7 Å². The smallest absolute Gasteiger partial charge is 0.387 e. The van der Waals surface area contributed by atoms with Gasteiger partial charge in [-0.25, -0.2) is 9.78 Å². The number of rotatable bonds is 4. The number of alkyl halides is 3. The Labute approximate surface area is 127 Å². The molecule has 3 N–H and O–H groups in total. The van der Waals surface area contributed by atoms with Crippen LogP contribution in [0.15, 0.2) is 35.2 Å². The van der Waals surface area contributed by atoms with E-state index in [4.69, 9.17) is 0 Å². The molecule has 2 heterocycles. The second-order valence-corrected chi connectivity index (χ2v) is 5.12. The third-order valence-electron chi connectivity index (χ3n) is 2.70. The lowest BCUT2D eigenvalue weighted by Crippen LogP contribution is -2.32. The van der Waals surface area contributed by atoms with Crippen LogP contribution in [0, 0.1) is 0 Å². The predicted octanol–water partition coefficient (Wildman–Crippen LogP) is 3.02. The molecule has 0 saturated carbocycles. The molecule has 2 amide bonds. The Bertz CT molecular complexity index is 614. The van der Waals surface area contributed by atoms with Crippen molar-refractivity contribution in [2.75, 3.05) is 11.9 Å². The number of aliphatic hydroxyl groups excluding tert-OH is 1. The molecule has 0 aliphatic rings. The van der Waals surface area contributed by atoms with Gasteiger partial charge in [0, 0.05) is 6.54 Å². The summed E-state index contributed by atoms with van der Waals surface area (Å²) >= 11 is 1.42. The van der Waals surface area contributed by atoms with E-state index in [0.29, 0.717) is 5.56 Å². The summed E-state index contributed by atoms with van der Waals surface area (Å²) in [5.41, 5.74) is -0.233. The fourth-order valence-corrected chi connectivity index (χ4v) is 2.29. The lowest BCUT2D eigenvalue weighted by atomic mass is 10.2. The number of urea groups is 1. The number of carbonyl (C=O) groups excluding carboxylic acids is 1. The number of anilines is 1. The Hall–Kier alpha value is -2.13. The SMILES string of the molecule is O=C(NCC(O)c1ccsc1)Nc1ccc(C(F)(F)F)nc1. The molecular weight excluding hydrogens is 319 g/mol. The number of hydrogen-bond acceptors (Lipinski definition) is 4. The van der Waals surface area contributed by atoms with Crippen molar-refractivity contribution < 1.29 is 23.1 Å². The molecule has 9 heteroatoms. The molecule has 2 aromatic rings. The lowest BCUT2D eigenvalue weighted by Gasteiger charge is -2.12. The van der Waals surface area contributed by atoms with Crippen LogP contribution in [-0.2, 0) is 6.18 Å².